The van der Waals surface area contributed by atoms with E-state index in [1.807, 2.05) is 0 Å². The Morgan fingerprint density at radius 3 is 2.50 bits per heavy atom. The lowest BCUT2D eigenvalue weighted by Gasteiger charge is -2.13. The molecule has 3 N–H and O–H groups in total. The van der Waals surface area contributed by atoms with E-state index in [0.717, 1.165) is 5.56 Å². The van der Waals surface area contributed by atoms with Crippen molar-refractivity contribution >= 4 is 27.5 Å². The number of carbonyl (C=O) groups excluding carboxylic acids is 1. The van der Waals surface area contributed by atoms with E-state index < -0.39 is 10.0 Å². The second-order valence-electron chi connectivity index (χ2n) is 5.71. The quantitative estimate of drug-likeness (QED) is 0.700. The van der Waals surface area contributed by atoms with E-state index in [-0.39, 0.29) is 24.2 Å². The number of amides is 1. The number of aromatic nitrogens is 1. The third-order valence-corrected chi connectivity index (χ3v) is 4.95. The van der Waals surface area contributed by atoms with Gasteiger partial charge in [-0.25, -0.2) is 13.1 Å². The first-order valence-corrected chi connectivity index (χ1v) is 9.49. The first-order valence-electron chi connectivity index (χ1n) is 7.46. The molecule has 1 heterocycles. The van der Waals surface area contributed by atoms with E-state index in [4.69, 9.17) is 11.6 Å². The molecule has 0 saturated heterocycles. The van der Waals surface area contributed by atoms with Crippen LogP contribution in [0.15, 0.2) is 36.5 Å². The fourth-order valence-electron chi connectivity index (χ4n) is 2.25. The van der Waals surface area contributed by atoms with Gasteiger partial charge in [-0.2, -0.15) is 0 Å². The van der Waals surface area contributed by atoms with E-state index in [2.05, 4.69) is 15.0 Å². The molecule has 130 valence electrons. The maximum absolute atomic E-state index is 12.1. The highest BCUT2D eigenvalue weighted by atomic mass is 35.5. The van der Waals surface area contributed by atoms with Crippen molar-refractivity contribution < 1.29 is 13.2 Å². The zero-order valence-electron chi connectivity index (χ0n) is 13.5. The molecule has 0 unspecified atom stereocenters. The van der Waals surface area contributed by atoms with Crippen molar-refractivity contribution in [3.8, 4) is 0 Å². The van der Waals surface area contributed by atoms with Crippen LogP contribution in [-0.2, 0) is 22.3 Å². The minimum Gasteiger partial charge on any atom is -0.356 e. The summed E-state index contributed by atoms with van der Waals surface area (Å²) in [6.07, 6.45) is 1.52. The molecule has 6 nitrogen and oxygen atoms in total. The summed E-state index contributed by atoms with van der Waals surface area (Å²) in [6, 6.07) is 8.48. The van der Waals surface area contributed by atoms with Crippen LogP contribution in [0.25, 0.3) is 0 Å². The zero-order chi connectivity index (χ0) is 17.7. The Morgan fingerprint density at radius 1 is 1.25 bits per heavy atom. The van der Waals surface area contributed by atoms with Gasteiger partial charge in [0.1, 0.15) is 5.69 Å². The smallest absolute Gasteiger partial charge is 0.268 e. The van der Waals surface area contributed by atoms with Gasteiger partial charge in [0.25, 0.3) is 5.91 Å². The van der Waals surface area contributed by atoms with Crippen molar-refractivity contribution in [2.24, 2.45) is 0 Å². The second kappa shape index (κ2) is 7.83. The highest BCUT2D eigenvalue weighted by molar-refractivity contribution is 7.88. The Balaban J connectivity index is 2.07. The zero-order valence-corrected chi connectivity index (χ0v) is 15.0. The van der Waals surface area contributed by atoms with Gasteiger partial charge in [0.05, 0.1) is 10.8 Å². The number of halogens is 1. The van der Waals surface area contributed by atoms with Crippen LogP contribution < -0.4 is 10.0 Å². The van der Waals surface area contributed by atoms with Crippen LogP contribution in [0.1, 0.15) is 35.5 Å². The third kappa shape index (κ3) is 5.36. The van der Waals surface area contributed by atoms with Crippen molar-refractivity contribution in [2.45, 2.75) is 32.2 Å². The van der Waals surface area contributed by atoms with Crippen molar-refractivity contribution in [1.82, 2.24) is 15.0 Å². The fourth-order valence-corrected chi connectivity index (χ4v) is 3.90. The molecule has 1 aromatic heterocycles. The molecule has 2 rings (SSSR count). The molecule has 2 aromatic rings. The van der Waals surface area contributed by atoms with Gasteiger partial charge >= 0.3 is 0 Å². The number of carbonyl (C=O) groups is 1. The lowest BCUT2D eigenvalue weighted by atomic mass is 10.1. The summed E-state index contributed by atoms with van der Waals surface area (Å²) in [4.78, 5) is 14.8. The molecule has 0 aliphatic carbocycles. The van der Waals surface area contributed by atoms with Gasteiger partial charge < -0.3 is 10.3 Å². The Labute approximate surface area is 146 Å². The third-order valence-electron chi connectivity index (χ3n) is 3.21. The summed E-state index contributed by atoms with van der Waals surface area (Å²) < 4.78 is 26.8. The van der Waals surface area contributed by atoms with Crippen LogP contribution in [0.4, 0.5) is 0 Å². The predicted molar refractivity (Wildman–Crippen MR) is 94.3 cm³/mol. The summed E-state index contributed by atoms with van der Waals surface area (Å²) in [6.45, 7) is 3.76. The molecule has 0 atom stereocenters. The molecule has 0 fully saturated rings. The maximum atomic E-state index is 12.1. The van der Waals surface area contributed by atoms with E-state index in [1.165, 1.54) is 12.3 Å². The van der Waals surface area contributed by atoms with Crippen LogP contribution in [0.5, 0.6) is 0 Å². The number of benzene rings is 1. The molecule has 1 aromatic carbocycles. The highest BCUT2D eigenvalue weighted by Crippen LogP contribution is 2.13. The Morgan fingerprint density at radius 2 is 1.92 bits per heavy atom. The second-order valence-corrected chi connectivity index (χ2v) is 7.90. The fraction of sp³-hybridized carbons (Fsp3) is 0.312. The van der Waals surface area contributed by atoms with Gasteiger partial charge in [-0.05, 0) is 31.0 Å². The predicted octanol–water partition coefficient (Wildman–Crippen LogP) is 2.43. The van der Waals surface area contributed by atoms with Gasteiger partial charge in [-0.15, -0.1) is 0 Å². The van der Waals surface area contributed by atoms with Gasteiger partial charge in [0, 0.05) is 18.8 Å². The Hall–Kier alpha value is -1.83. The summed E-state index contributed by atoms with van der Waals surface area (Å²) in [7, 11) is -3.43. The first kappa shape index (κ1) is 18.5. The number of aromatic amines is 1. The Kier molecular flexibility index (Phi) is 6.04. The molecule has 8 heteroatoms. The molecule has 0 aliphatic heterocycles. The van der Waals surface area contributed by atoms with Gasteiger partial charge in [0.15, 0.2) is 0 Å². The monoisotopic (exact) mass is 369 g/mol. The molecule has 0 saturated carbocycles. The van der Waals surface area contributed by atoms with Gasteiger partial charge in [-0.3, -0.25) is 4.79 Å². The molecule has 0 radical (unpaired) electrons. The highest BCUT2D eigenvalue weighted by Gasteiger charge is 2.16. The number of rotatable bonds is 7. The standard InChI is InChI=1S/C16H20ClN3O3S/c1-11(2)20-24(22,23)10-13-6-4-3-5-12(13)8-19-16(21)15-7-14(17)9-18-15/h3-7,9,11,18,20H,8,10H2,1-2H3,(H,19,21). The largest absolute Gasteiger partial charge is 0.356 e. The molecular weight excluding hydrogens is 350 g/mol. The number of sulfonamides is 1. The van der Waals surface area contributed by atoms with E-state index in [1.54, 1.807) is 38.1 Å². The van der Waals surface area contributed by atoms with Crippen LogP contribution in [0.2, 0.25) is 5.02 Å². The molecule has 0 bridgehead atoms. The molecule has 1 amide bonds. The number of H-pyrrole nitrogens is 1. The van der Waals surface area contributed by atoms with Crippen molar-refractivity contribution in [2.75, 3.05) is 0 Å². The number of hydrogen-bond donors (Lipinski definition) is 3. The lowest BCUT2D eigenvalue weighted by Crippen LogP contribution is -2.32. The Bertz CT molecular complexity index is 815. The maximum Gasteiger partial charge on any atom is 0.268 e. The minimum absolute atomic E-state index is 0.133. The average Bonchev–Trinajstić information content (AvgIpc) is 2.91. The van der Waals surface area contributed by atoms with Gasteiger partial charge in [0.2, 0.25) is 10.0 Å². The van der Waals surface area contributed by atoms with Crippen LogP contribution in [-0.4, -0.2) is 25.4 Å². The van der Waals surface area contributed by atoms with Crippen molar-refractivity contribution in [3.63, 3.8) is 0 Å². The van der Waals surface area contributed by atoms with E-state index >= 15 is 0 Å². The average molecular weight is 370 g/mol. The molecular formula is C16H20ClN3O3S. The van der Waals surface area contributed by atoms with Gasteiger partial charge in [-0.1, -0.05) is 35.9 Å². The van der Waals surface area contributed by atoms with Crippen molar-refractivity contribution in [1.29, 1.82) is 0 Å². The van der Waals surface area contributed by atoms with E-state index in [0.29, 0.717) is 16.3 Å². The molecule has 0 aliphatic rings. The van der Waals surface area contributed by atoms with Crippen molar-refractivity contribution in [3.05, 3.63) is 58.4 Å². The summed E-state index contributed by atoms with van der Waals surface area (Å²) in [5.74, 6) is -0.439. The normalized spacial score (nSPS) is 11.7. The topological polar surface area (TPSA) is 91.1 Å². The molecule has 0 spiro atoms. The lowest BCUT2D eigenvalue weighted by molar-refractivity contribution is 0.0946. The summed E-state index contributed by atoms with van der Waals surface area (Å²) >= 11 is 5.78. The van der Waals surface area contributed by atoms with Crippen LogP contribution in [0.3, 0.4) is 0 Å². The number of nitrogens with one attached hydrogen (secondary N) is 3. The SMILES string of the molecule is CC(C)NS(=O)(=O)Cc1ccccc1CNC(=O)c1cc(Cl)c[nH]1. The van der Waals surface area contributed by atoms with Crippen LogP contribution >= 0.6 is 11.6 Å². The van der Waals surface area contributed by atoms with E-state index in [9.17, 15) is 13.2 Å². The number of hydrogen-bond acceptors (Lipinski definition) is 3. The minimum atomic E-state index is -3.43. The first-order chi connectivity index (χ1) is 11.3. The van der Waals surface area contributed by atoms with Crippen LogP contribution in [0, 0.1) is 0 Å². The molecule has 24 heavy (non-hydrogen) atoms. The summed E-state index contributed by atoms with van der Waals surface area (Å²) in [5, 5.41) is 3.20. The summed E-state index contributed by atoms with van der Waals surface area (Å²) in [5.41, 5.74) is 1.75.